The molecule has 1 aromatic carbocycles. The van der Waals surface area contributed by atoms with E-state index >= 15 is 4.39 Å². The predicted octanol–water partition coefficient (Wildman–Crippen LogP) is 5.64. The number of aliphatic hydroxyl groups excluding tert-OH is 1. The third kappa shape index (κ3) is 10.5. The molecule has 4 aliphatic rings. The quantitative estimate of drug-likeness (QED) is 0.0208. The lowest BCUT2D eigenvalue weighted by molar-refractivity contribution is -0.757. The van der Waals surface area contributed by atoms with Gasteiger partial charge in [-0.3, -0.25) is 14.4 Å². The van der Waals surface area contributed by atoms with E-state index in [1.54, 1.807) is 33.8 Å². The molecule has 3 saturated carbocycles. The van der Waals surface area contributed by atoms with Crippen LogP contribution in [0.2, 0.25) is 0 Å². The number of aliphatic carboxylic acids is 1. The molecule has 0 aliphatic heterocycles. The number of ether oxygens (including phenoxy) is 4. The van der Waals surface area contributed by atoms with Crippen molar-refractivity contribution in [2.45, 2.75) is 116 Å². The van der Waals surface area contributed by atoms with Gasteiger partial charge < -0.3 is 44.2 Å². The Morgan fingerprint density at radius 1 is 0.955 bits per heavy atom. The number of alkyl halides is 1. The van der Waals surface area contributed by atoms with Crippen LogP contribution >= 0.6 is 0 Å². The largest absolute Gasteiger partial charge is 0.514 e. The topological polar surface area (TPSA) is 297 Å². The van der Waals surface area contributed by atoms with E-state index < -0.39 is 129 Å². The second kappa shape index (κ2) is 20.4. The fourth-order valence-electron chi connectivity index (χ4n) is 11.5. The number of nitrogens with zero attached hydrogens (tertiary/aromatic N) is 2. The van der Waals surface area contributed by atoms with Gasteiger partial charge in [0.15, 0.2) is 30.4 Å². The van der Waals surface area contributed by atoms with Crippen LogP contribution in [0.15, 0.2) is 48.1 Å². The van der Waals surface area contributed by atoms with Crippen molar-refractivity contribution in [3.63, 3.8) is 0 Å². The van der Waals surface area contributed by atoms with E-state index in [0.29, 0.717) is 18.4 Å². The van der Waals surface area contributed by atoms with Crippen LogP contribution in [0.3, 0.4) is 0 Å². The number of rotatable bonds is 20. The number of ketones is 2. The minimum atomic E-state index is -2.30. The van der Waals surface area contributed by atoms with E-state index in [1.165, 1.54) is 38.1 Å². The van der Waals surface area contributed by atoms with Crippen molar-refractivity contribution < 1.29 is 82.2 Å². The first-order chi connectivity index (χ1) is 31.3. The Hall–Kier alpha value is -6.19. The molecule has 368 valence electrons. The second-order valence-corrected chi connectivity index (χ2v) is 19.0. The minimum absolute atomic E-state index is 0.0292. The molecule has 22 heteroatoms. The second-order valence-electron chi connectivity index (χ2n) is 19.0. The smallest absolute Gasteiger partial charge is 0.481 e. The summed E-state index contributed by atoms with van der Waals surface area (Å²) in [4.78, 5) is 111. The average Bonchev–Trinajstić information content (AvgIpc) is 3.45. The number of halogens is 1. The van der Waals surface area contributed by atoms with Gasteiger partial charge in [0.2, 0.25) is 0 Å². The zero-order valence-corrected chi connectivity index (χ0v) is 38.2. The van der Waals surface area contributed by atoms with Crippen LogP contribution in [0.1, 0.15) is 92.1 Å². The number of aliphatic hydroxyl groups is 1. The number of benzene rings is 1. The molecular weight excluding hydrogens is 889 g/mol. The van der Waals surface area contributed by atoms with Crippen molar-refractivity contribution in [2.75, 3.05) is 26.4 Å². The molecule has 67 heavy (non-hydrogen) atoms. The summed E-state index contributed by atoms with van der Waals surface area (Å²) in [6.07, 6.45) is 2.53. The lowest BCUT2D eigenvalue weighted by Crippen LogP contribution is -2.69. The number of carboxylic acids is 1. The van der Waals surface area contributed by atoms with Crippen LogP contribution < -0.4 is 10.1 Å². The van der Waals surface area contributed by atoms with Gasteiger partial charge in [-0.2, -0.15) is 0 Å². The Labute approximate surface area is 384 Å². The zero-order valence-electron chi connectivity index (χ0n) is 38.2. The van der Waals surface area contributed by atoms with Crippen molar-refractivity contribution in [1.29, 1.82) is 0 Å². The number of unbranched alkanes of at least 4 members (excludes halogenated alkanes) is 1. The summed E-state index contributed by atoms with van der Waals surface area (Å²) < 4.78 is 39.1. The van der Waals surface area contributed by atoms with Gasteiger partial charge in [-0.1, -0.05) is 49.8 Å². The molecule has 0 bridgehead atoms. The summed E-state index contributed by atoms with van der Waals surface area (Å²) in [5.41, 5.74) is -7.06. The summed E-state index contributed by atoms with van der Waals surface area (Å²) in [6, 6.07) is 4.24. The maximum absolute atomic E-state index is 18.0. The Morgan fingerprint density at radius 2 is 1.61 bits per heavy atom. The molecule has 1 aromatic rings. The van der Waals surface area contributed by atoms with Crippen LogP contribution in [0.4, 0.5) is 14.0 Å². The predicted molar refractivity (Wildman–Crippen MR) is 227 cm³/mol. The van der Waals surface area contributed by atoms with Gasteiger partial charge in [-0.05, 0) is 108 Å². The number of allylic oxidation sites excluding steroid dienone is 4. The summed E-state index contributed by atoms with van der Waals surface area (Å²) in [5.74, 6) is -10.2. The highest BCUT2D eigenvalue weighted by Crippen LogP contribution is 2.74. The SMILES string of the molecule is C[C@H]1CC2C3CCC4=CCC=C[C@]4(C)[C@@]3(F)[C@@H](O)C[C@]2(C)[C@]1(C(=O)COC(=O)Oc1ccc(C[C@H](NC(=O)OC(C)(C)C)C(=O)OCCCCO[N+](=O)[O-])cc1)C(C(=O)O)C(=O)CO[N+](=O)[O-]. The maximum atomic E-state index is 18.0. The summed E-state index contributed by atoms with van der Waals surface area (Å²) in [7, 11) is 0. The third-order valence-corrected chi connectivity index (χ3v) is 14.1. The number of esters is 1. The molecule has 10 atom stereocenters. The molecule has 21 nitrogen and oxygen atoms in total. The summed E-state index contributed by atoms with van der Waals surface area (Å²) >= 11 is 0. The number of alkyl carbamates (subject to hydrolysis) is 1. The van der Waals surface area contributed by atoms with E-state index in [4.69, 9.17) is 18.9 Å². The number of fused-ring (bicyclic) bond motifs is 5. The first-order valence-electron chi connectivity index (χ1n) is 22.0. The Kier molecular flexibility index (Phi) is 15.7. The molecule has 0 saturated heterocycles. The molecule has 5 rings (SSSR count). The lowest BCUT2D eigenvalue weighted by Gasteiger charge is -2.63. The van der Waals surface area contributed by atoms with Crippen LogP contribution in [-0.2, 0) is 49.5 Å². The fourth-order valence-corrected chi connectivity index (χ4v) is 11.5. The molecule has 1 amide bonds. The number of amides is 1. The van der Waals surface area contributed by atoms with Crippen LogP contribution in [0.25, 0.3) is 0 Å². The Balaban J connectivity index is 1.35. The van der Waals surface area contributed by atoms with Gasteiger partial charge in [-0.25, -0.2) is 18.8 Å². The van der Waals surface area contributed by atoms with E-state index in [9.17, 15) is 59.2 Å². The molecule has 4 aliphatic carbocycles. The molecule has 0 spiro atoms. The highest BCUT2D eigenvalue weighted by atomic mass is 19.1. The number of Topliss-reactive ketones (excluding diaryl/α,β-unsaturated/α-hetero) is 2. The van der Waals surface area contributed by atoms with Crippen LogP contribution in [0, 0.1) is 60.1 Å². The summed E-state index contributed by atoms with van der Waals surface area (Å²) in [6.45, 7) is 6.80. The van der Waals surface area contributed by atoms with Gasteiger partial charge >= 0.3 is 24.2 Å². The number of hydrogen-bond acceptors (Lipinski definition) is 17. The van der Waals surface area contributed by atoms with Crippen molar-refractivity contribution in [1.82, 2.24) is 5.32 Å². The zero-order chi connectivity index (χ0) is 49.7. The van der Waals surface area contributed by atoms with Gasteiger partial charge in [0.25, 0.3) is 10.2 Å². The van der Waals surface area contributed by atoms with E-state index in [-0.39, 0.29) is 51.1 Å². The average molecular weight is 948 g/mol. The lowest BCUT2D eigenvalue weighted by atomic mass is 9.41. The minimum Gasteiger partial charge on any atom is -0.481 e. The van der Waals surface area contributed by atoms with Crippen LogP contribution in [0.5, 0.6) is 5.75 Å². The van der Waals surface area contributed by atoms with E-state index in [2.05, 4.69) is 15.0 Å². The van der Waals surface area contributed by atoms with Crippen molar-refractivity contribution >= 4 is 35.8 Å². The number of carboxylic acid groups (broad SMARTS) is 1. The number of carbonyl (C=O) groups excluding carboxylic acids is 5. The third-order valence-electron chi connectivity index (χ3n) is 14.1. The van der Waals surface area contributed by atoms with Gasteiger partial charge in [0.1, 0.15) is 23.3 Å². The van der Waals surface area contributed by atoms with Gasteiger partial charge in [0.05, 0.1) is 24.7 Å². The van der Waals surface area contributed by atoms with Gasteiger partial charge in [0, 0.05) is 17.8 Å². The molecular formula is C45H58FN3O18. The highest BCUT2D eigenvalue weighted by molar-refractivity contribution is 6.06. The molecule has 3 unspecified atom stereocenters. The normalized spacial score (nSPS) is 29.2. The Morgan fingerprint density at radius 3 is 2.24 bits per heavy atom. The first-order valence-corrected chi connectivity index (χ1v) is 22.0. The molecule has 0 heterocycles. The number of hydrogen-bond donors (Lipinski definition) is 3. The number of nitrogens with one attached hydrogen (secondary N) is 1. The van der Waals surface area contributed by atoms with Crippen molar-refractivity contribution in [3.05, 3.63) is 73.9 Å². The first kappa shape index (κ1) is 51.8. The highest BCUT2D eigenvalue weighted by Gasteiger charge is 2.78. The van der Waals surface area contributed by atoms with Crippen molar-refractivity contribution in [3.8, 4) is 5.75 Å². The van der Waals surface area contributed by atoms with Crippen LogP contribution in [-0.4, -0.2) is 106 Å². The fraction of sp³-hybridized carbons (Fsp3) is 0.644. The maximum Gasteiger partial charge on any atom is 0.514 e. The monoisotopic (exact) mass is 947 g/mol. The van der Waals surface area contributed by atoms with Crippen molar-refractivity contribution in [2.24, 2.45) is 39.9 Å². The molecule has 0 radical (unpaired) electrons. The molecule has 3 fully saturated rings. The van der Waals surface area contributed by atoms with Gasteiger partial charge in [-0.15, -0.1) is 20.2 Å². The Bertz CT molecular complexity index is 2160. The van der Waals surface area contributed by atoms with E-state index in [0.717, 1.165) is 5.57 Å². The number of carbonyl (C=O) groups is 6. The molecule has 3 N–H and O–H groups in total. The standard InChI is InChI=1S/C45H58FN3O18/c1-26-21-31-30-17-14-28-11-7-8-18-42(28,5)45(30,46)34(51)23-43(31,6)44(26,36(37(53)54)33(50)24-65-49(60)61)35(52)25-63-40(57)66-29-15-12-27(13-16-29)22-32(47-39(56)67-41(2,3)4)38(55)62-19-9-10-20-64-48(58)59/h8,11-13,15-16,18,26,30-32,34,36,51H,7,9-10,14,17,19-25H2,1-6H3,(H,47,56)(H,53,54)/t26-,30?,31?,32-,34-,36?,42-,43-,44+,45-/m0/s1. The summed E-state index contributed by atoms with van der Waals surface area (Å²) in [5, 5.41) is 44.5. The molecule has 0 aromatic heterocycles. The van der Waals surface area contributed by atoms with E-state index in [1.807, 2.05) is 12.2 Å².